The Morgan fingerprint density at radius 1 is 1.41 bits per heavy atom. The molecule has 5 heteroatoms. The van der Waals surface area contributed by atoms with Crippen molar-refractivity contribution in [2.45, 2.75) is 13.5 Å². The molecule has 17 heavy (non-hydrogen) atoms. The van der Waals surface area contributed by atoms with Crippen LogP contribution in [0.2, 0.25) is 0 Å². The van der Waals surface area contributed by atoms with Gasteiger partial charge in [0.25, 0.3) is 0 Å². The van der Waals surface area contributed by atoms with Gasteiger partial charge in [-0.2, -0.15) is 5.10 Å². The van der Waals surface area contributed by atoms with Gasteiger partial charge in [0.1, 0.15) is 5.75 Å². The van der Waals surface area contributed by atoms with Crippen molar-refractivity contribution in [1.82, 2.24) is 10.2 Å². The Balaban J connectivity index is 2.04. The van der Waals surface area contributed by atoms with Gasteiger partial charge >= 0.3 is 0 Å². The van der Waals surface area contributed by atoms with Crippen molar-refractivity contribution in [3.8, 4) is 5.75 Å². The van der Waals surface area contributed by atoms with Gasteiger partial charge in [-0.05, 0) is 13.0 Å². The molecule has 0 aliphatic carbocycles. The number of ether oxygens (including phenoxy) is 1. The molecule has 0 aliphatic heterocycles. The number of aromatic nitrogens is 2. The van der Waals surface area contributed by atoms with E-state index in [2.05, 4.69) is 15.5 Å². The minimum absolute atomic E-state index is 0.630. The van der Waals surface area contributed by atoms with Crippen LogP contribution in [0.5, 0.6) is 5.75 Å². The van der Waals surface area contributed by atoms with Crippen LogP contribution in [0.1, 0.15) is 12.5 Å². The third kappa shape index (κ3) is 3.14. The molecule has 0 fully saturated rings. The van der Waals surface area contributed by atoms with Crippen molar-refractivity contribution < 1.29 is 4.74 Å². The van der Waals surface area contributed by atoms with Gasteiger partial charge in [-0.15, -0.1) is 0 Å². The lowest BCUT2D eigenvalue weighted by molar-refractivity contribution is 0.340. The summed E-state index contributed by atoms with van der Waals surface area (Å²) in [6.45, 7) is 3.28. The number of H-pyrrole nitrogens is 1. The van der Waals surface area contributed by atoms with Crippen molar-refractivity contribution in [3.63, 3.8) is 0 Å². The molecule has 1 heterocycles. The van der Waals surface area contributed by atoms with Gasteiger partial charge in [0.2, 0.25) is 0 Å². The normalized spacial score (nSPS) is 10.2. The number of aromatic amines is 1. The number of benzene rings is 1. The van der Waals surface area contributed by atoms with Gasteiger partial charge in [0.05, 0.1) is 12.8 Å². The van der Waals surface area contributed by atoms with Gasteiger partial charge < -0.3 is 15.8 Å². The summed E-state index contributed by atoms with van der Waals surface area (Å²) >= 11 is 0. The molecular weight excluding hydrogens is 216 g/mol. The monoisotopic (exact) mass is 232 g/mol. The van der Waals surface area contributed by atoms with E-state index in [1.54, 1.807) is 6.20 Å². The number of hydrogen-bond acceptors (Lipinski definition) is 4. The standard InChI is InChI=1S/C12H16N4O/c1-2-17-12-4-10(13)3-11(5-12)14-6-9-7-15-16-8-9/h3-5,7-8,14H,2,6,13H2,1H3,(H,15,16). The van der Waals surface area contributed by atoms with E-state index >= 15 is 0 Å². The Morgan fingerprint density at radius 2 is 2.29 bits per heavy atom. The summed E-state index contributed by atoms with van der Waals surface area (Å²) in [4.78, 5) is 0. The van der Waals surface area contributed by atoms with Crippen LogP contribution in [0.25, 0.3) is 0 Å². The fraction of sp³-hybridized carbons (Fsp3) is 0.250. The zero-order valence-corrected chi connectivity index (χ0v) is 9.73. The molecule has 0 radical (unpaired) electrons. The number of nitrogens with zero attached hydrogens (tertiary/aromatic N) is 1. The van der Waals surface area contributed by atoms with Gasteiger partial charge in [-0.3, -0.25) is 5.10 Å². The average molecular weight is 232 g/mol. The summed E-state index contributed by atoms with van der Waals surface area (Å²) in [5.74, 6) is 0.780. The summed E-state index contributed by atoms with van der Waals surface area (Å²) in [7, 11) is 0. The van der Waals surface area contributed by atoms with Crippen LogP contribution < -0.4 is 15.8 Å². The van der Waals surface area contributed by atoms with E-state index in [9.17, 15) is 0 Å². The minimum atomic E-state index is 0.630. The predicted octanol–water partition coefficient (Wildman–Crippen LogP) is 2.00. The highest BCUT2D eigenvalue weighted by molar-refractivity contribution is 5.59. The molecule has 0 unspecified atom stereocenters. The molecule has 1 aromatic heterocycles. The average Bonchev–Trinajstić information content (AvgIpc) is 2.79. The number of hydrogen-bond donors (Lipinski definition) is 3. The van der Waals surface area contributed by atoms with E-state index < -0.39 is 0 Å². The third-order valence-electron chi connectivity index (χ3n) is 2.29. The SMILES string of the molecule is CCOc1cc(N)cc(NCc2cn[nH]c2)c1. The molecule has 1 aromatic carbocycles. The highest BCUT2D eigenvalue weighted by Crippen LogP contribution is 2.22. The molecule has 90 valence electrons. The third-order valence-corrected chi connectivity index (χ3v) is 2.29. The molecule has 5 nitrogen and oxygen atoms in total. The van der Waals surface area contributed by atoms with Crippen LogP contribution in [0.4, 0.5) is 11.4 Å². The first-order valence-corrected chi connectivity index (χ1v) is 5.53. The summed E-state index contributed by atoms with van der Waals surface area (Å²) in [6.07, 6.45) is 3.63. The molecule has 0 atom stereocenters. The number of nitrogen functional groups attached to an aromatic ring is 1. The maximum Gasteiger partial charge on any atom is 0.123 e. The number of rotatable bonds is 5. The lowest BCUT2D eigenvalue weighted by Gasteiger charge is -2.09. The second-order valence-corrected chi connectivity index (χ2v) is 3.68. The zero-order valence-electron chi connectivity index (χ0n) is 9.73. The van der Waals surface area contributed by atoms with Crippen LogP contribution in [-0.4, -0.2) is 16.8 Å². The van der Waals surface area contributed by atoms with Crippen molar-refractivity contribution in [2.24, 2.45) is 0 Å². The minimum Gasteiger partial charge on any atom is -0.494 e. The van der Waals surface area contributed by atoms with E-state index in [1.165, 1.54) is 0 Å². The summed E-state index contributed by atoms with van der Waals surface area (Å²) < 4.78 is 5.43. The summed E-state index contributed by atoms with van der Waals surface area (Å²) in [5, 5.41) is 9.92. The smallest absolute Gasteiger partial charge is 0.123 e. The Bertz CT molecular complexity index is 467. The van der Waals surface area contributed by atoms with Gasteiger partial charge in [-0.1, -0.05) is 0 Å². The molecule has 0 bridgehead atoms. The van der Waals surface area contributed by atoms with Gasteiger partial charge in [0, 0.05) is 41.8 Å². The second kappa shape index (κ2) is 5.25. The maximum absolute atomic E-state index is 5.80. The van der Waals surface area contributed by atoms with E-state index in [0.29, 0.717) is 18.8 Å². The molecule has 0 spiro atoms. The van der Waals surface area contributed by atoms with Crippen LogP contribution in [0.15, 0.2) is 30.6 Å². The van der Waals surface area contributed by atoms with Crippen LogP contribution in [-0.2, 0) is 6.54 Å². The second-order valence-electron chi connectivity index (χ2n) is 3.68. The Labute approximate surface area is 100.0 Å². The fourth-order valence-corrected chi connectivity index (χ4v) is 1.55. The van der Waals surface area contributed by atoms with E-state index in [0.717, 1.165) is 17.0 Å². The largest absolute Gasteiger partial charge is 0.494 e. The number of nitrogens with one attached hydrogen (secondary N) is 2. The Kier molecular flexibility index (Phi) is 3.49. The topological polar surface area (TPSA) is 76.0 Å². The highest BCUT2D eigenvalue weighted by Gasteiger charge is 2.00. The van der Waals surface area contributed by atoms with E-state index in [-0.39, 0.29) is 0 Å². The Hall–Kier alpha value is -2.17. The molecule has 2 aromatic rings. The summed E-state index contributed by atoms with van der Waals surface area (Å²) in [5.41, 5.74) is 8.51. The Morgan fingerprint density at radius 3 is 3.00 bits per heavy atom. The number of anilines is 2. The molecule has 0 amide bonds. The zero-order chi connectivity index (χ0) is 12.1. The molecule has 0 saturated heterocycles. The first-order valence-electron chi connectivity index (χ1n) is 5.53. The first kappa shape index (κ1) is 11.3. The lowest BCUT2D eigenvalue weighted by Crippen LogP contribution is -2.00. The fourth-order valence-electron chi connectivity index (χ4n) is 1.55. The van der Waals surface area contributed by atoms with Gasteiger partial charge in [0.15, 0.2) is 0 Å². The summed E-state index contributed by atoms with van der Waals surface area (Å²) in [6, 6.07) is 5.62. The van der Waals surface area contributed by atoms with Crippen LogP contribution in [0, 0.1) is 0 Å². The van der Waals surface area contributed by atoms with Crippen molar-refractivity contribution in [2.75, 3.05) is 17.7 Å². The van der Waals surface area contributed by atoms with Crippen molar-refractivity contribution in [1.29, 1.82) is 0 Å². The molecular formula is C12H16N4O. The highest BCUT2D eigenvalue weighted by atomic mass is 16.5. The van der Waals surface area contributed by atoms with Crippen LogP contribution in [0.3, 0.4) is 0 Å². The van der Waals surface area contributed by atoms with Crippen molar-refractivity contribution in [3.05, 3.63) is 36.2 Å². The predicted molar refractivity (Wildman–Crippen MR) is 67.9 cm³/mol. The molecule has 0 aliphatic rings. The number of nitrogens with two attached hydrogens (primary N) is 1. The van der Waals surface area contributed by atoms with Gasteiger partial charge in [-0.25, -0.2) is 0 Å². The maximum atomic E-state index is 5.80. The molecule has 0 saturated carbocycles. The first-order chi connectivity index (χ1) is 8.28. The van der Waals surface area contributed by atoms with Crippen LogP contribution >= 0.6 is 0 Å². The molecule has 2 rings (SSSR count). The lowest BCUT2D eigenvalue weighted by atomic mass is 10.2. The molecule has 4 N–H and O–H groups in total. The quantitative estimate of drug-likeness (QED) is 0.689. The van der Waals surface area contributed by atoms with Crippen molar-refractivity contribution >= 4 is 11.4 Å². The van der Waals surface area contributed by atoms with E-state index in [1.807, 2.05) is 31.3 Å². The van der Waals surface area contributed by atoms with E-state index in [4.69, 9.17) is 10.5 Å².